The van der Waals surface area contributed by atoms with Gasteiger partial charge in [-0.05, 0) is 26.2 Å². The van der Waals surface area contributed by atoms with Gasteiger partial charge in [0.1, 0.15) is 0 Å². The SMILES string of the molecule is CC1CC(O)CN1C1CCCCCC1. The minimum Gasteiger partial charge on any atom is -0.392 e. The molecule has 14 heavy (non-hydrogen) atoms. The second kappa shape index (κ2) is 4.63. The van der Waals surface area contributed by atoms with Gasteiger partial charge in [-0.1, -0.05) is 25.7 Å². The lowest BCUT2D eigenvalue weighted by atomic mass is 10.1. The van der Waals surface area contributed by atoms with Gasteiger partial charge in [-0.25, -0.2) is 0 Å². The quantitative estimate of drug-likeness (QED) is 0.651. The smallest absolute Gasteiger partial charge is 0.0682 e. The summed E-state index contributed by atoms with van der Waals surface area (Å²) in [4.78, 5) is 2.55. The third kappa shape index (κ3) is 2.29. The molecule has 1 saturated carbocycles. The van der Waals surface area contributed by atoms with Gasteiger partial charge in [-0.2, -0.15) is 0 Å². The van der Waals surface area contributed by atoms with Gasteiger partial charge in [0, 0.05) is 18.6 Å². The summed E-state index contributed by atoms with van der Waals surface area (Å²) in [5.74, 6) is 0. The van der Waals surface area contributed by atoms with Crippen LogP contribution in [0.2, 0.25) is 0 Å². The molecule has 2 unspecified atom stereocenters. The summed E-state index contributed by atoms with van der Waals surface area (Å²) in [6.45, 7) is 3.19. The normalized spacial score (nSPS) is 37.3. The Labute approximate surface area is 87.3 Å². The van der Waals surface area contributed by atoms with Gasteiger partial charge in [0.2, 0.25) is 0 Å². The van der Waals surface area contributed by atoms with Crippen LogP contribution in [-0.2, 0) is 0 Å². The Balaban J connectivity index is 1.92. The Morgan fingerprint density at radius 3 is 2.21 bits per heavy atom. The fourth-order valence-corrected chi connectivity index (χ4v) is 3.13. The van der Waals surface area contributed by atoms with Gasteiger partial charge in [0.25, 0.3) is 0 Å². The van der Waals surface area contributed by atoms with Crippen molar-refractivity contribution in [3.05, 3.63) is 0 Å². The molecule has 1 aliphatic carbocycles. The van der Waals surface area contributed by atoms with Gasteiger partial charge in [0.15, 0.2) is 0 Å². The molecule has 0 aromatic carbocycles. The molecule has 2 heteroatoms. The number of aliphatic hydroxyl groups excluding tert-OH is 1. The number of aliphatic hydroxyl groups is 1. The van der Waals surface area contributed by atoms with Crippen molar-refractivity contribution < 1.29 is 5.11 Å². The Hall–Kier alpha value is -0.0800. The Bertz CT molecular complexity index is 175. The van der Waals surface area contributed by atoms with E-state index in [1.165, 1.54) is 38.5 Å². The lowest BCUT2D eigenvalue weighted by Gasteiger charge is -2.30. The highest BCUT2D eigenvalue weighted by atomic mass is 16.3. The van der Waals surface area contributed by atoms with Crippen LogP contribution in [0, 0.1) is 0 Å². The molecule has 0 radical (unpaired) electrons. The molecule has 2 aliphatic rings. The summed E-state index contributed by atoms with van der Waals surface area (Å²) < 4.78 is 0. The minimum absolute atomic E-state index is 0.0618. The van der Waals surface area contributed by atoms with E-state index in [1.807, 2.05) is 0 Å². The third-order valence-corrected chi connectivity index (χ3v) is 3.89. The molecule has 1 heterocycles. The zero-order valence-electron chi connectivity index (χ0n) is 9.28. The highest BCUT2D eigenvalue weighted by Crippen LogP contribution is 2.28. The van der Waals surface area contributed by atoms with E-state index < -0.39 is 0 Å². The number of hydrogen-bond donors (Lipinski definition) is 1. The van der Waals surface area contributed by atoms with E-state index in [2.05, 4.69) is 11.8 Å². The molecular weight excluding hydrogens is 174 g/mol. The van der Waals surface area contributed by atoms with E-state index in [-0.39, 0.29) is 6.10 Å². The molecule has 0 spiro atoms. The van der Waals surface area contributed by atoms with Gasteiger partial charge in [-0.15, -0.1) is 0 Å². The van der Waals surface area contributed by atoms with Crippen LogP contribution < -0.4 is 0 Å². The average Bonchev–Trinajstić information content (AvgIpc) is 2.43. The molecule has 82 valence electrons. The molecule has 2 fully saturated rings. The van der Waals surface area contributed by atoms with Gasteiger partial charge < -0.3 is 5.11 Å². The first-order valence-corrected chi connectivity index (χ1v) is 6.21. The predicted molar refractivity (Wildman–Crippen MR) is 58.3 cm³/mol. The van der Waals surface area contributed by atoms with E-state index in [9.17, 15) is 5.11 Å². The van der Waals surface area contributed by atoms with Crippen LogP contribution >= 0.6 is 0 Å². The predicted octanol–water partition coefficient (Wildman–Crippen LogP) is 2.16. The van der Waals surface area contributed by atoms with E-state index in [0.717, 1.165) is 19.0 Å². The van der Waals surface area contributed by atoms with Gasteiger partial charge in [0.05, 0.1) is 6.10 Å². The zero-order valence-corrected chi connectivity index (χ0v) is 9.28. The molecule has 0 aromatic heterocycles. The van der Waals surface area contributed by atoms with Crippen molar-refractivity contribution in [1.82, 2.24) is 4.90 Å². The maximum atomic E-state index is 9.63. The summed E-state index contributed by atoms with van der Waals surface area (Å²) >= 11 is 0. The van der Waals surface area contributed by atoms with Crippen LogP contribution in [0.1, 0.15) is 51.9 Å². The average molecular weight is 197 g/mol. The molecule has 0 amide bonds. The highest BCUT2D eigenvalue weighted by molar-refractivity contribution is 4.87. The Kier molecular flexibility index (Phi) is 3.45. The standard InChI is InChI=1S/C12H23NO/c1-10-8-12(14)9-13(10)11-6-4-2-3-5-7-11/h10-12,14H,2-9H2,1H3. The van der Waals surface area contributed by atoms with Crippen molar-refractivity contribution in [3.8, 4) is 0 Å². The second-order valence-electron chi connectivity index (χ2n) is 5.08. The molecular formula is C12H23NO. The van der Waals surface area contributed by atoms with Crippen LogP contribution in [0.15, 0.2) is 0 Å². The first-order chi connectivity index (χ1) is 6.77. The maximum Gasteiger partial charge on any atom is 0.0682 e. The fourth-order valence-electron chi connectivity index (χ4n) is 3.13. The second-order valence-corrected chi connectivity index (χ2v) is 5.08. The van der Waals surface area contributed by atoms with Crippen molar-refractivity contribution in [2.75, 3.05) is 6.54 Å². The van der Waals surface area contributed by atoms with Crippen molar-refractivity contribution >= 4 is 0 Å². The van der Waals surface area contributed by atoms with Gasteiger partial charge >= 0.3 is 0 Å². The van der Waals surface area contributed by atoms with Crippen molar-refractivity contribution in [2.24, 2.45) is 0 Å². The van der Waals surface area contributed by atoms with Crippen molar-refractivity contribution in [3.63, 3.8) is 0 Å². The number of likely N-dealkylation sites (tertiary alicyclic amines) is 1. The van der Waals surface area contributed by atoms with Crippen LogP contribution in [0.3, 0.4) is 0 Å². The summed E-state index contributed by atoms with van der Waals surface area (Å²) in [5.41, 5.74) is 0. The molecule has 0 bridgehead atoms. The largest absolute Gasteiger partial charge is 0.392 e. The molecule has 2 nitrogen and oxygen atoms in total. The highest BCUT2D eigenvalue weighted by Gasteiger charge is 2.32. The third-order valence-electron chi connectivity index (χ3n) is 3.89. The summed E-state index contributed by atoms with van der Waals surface area (Å²) in [6, 6.07) is 1.37. The fraction of sp³-hybridized carbons (Fsp3) is 1.00. The van der Waals surface area contributed by atoms with E-state index in [1.54, 1.807) is 0 Å². The summed E-state index contributed by atoms with van der Waals surface area (Å²) in [7, 11) is 0. The topological polar surface area (TPSA) is 23.5 Å². The van der Waals surface area contributed by atoms with Crippen LogP contribution in [0.25, 0.3) is 0 Å². The Morgan fingerprint density at radius 1 is 1.07 bits per heavy atom. The van der Waals surface area contributed by atoms with Crippen molar-refractivity contribution in [2.45, 2.75) is 70.1 Å². The summed E-state index contributed by atoms with van der Waals surface area (Å²) in [6.07, 6.45) is 9.26. The minimum atomic E-state index is -0.0618. The number of hydrogen-bond acceptors (Lipinski definition) is 2. The molecule has 1 aliphatic heterocycles. The number of nitrogens with zero attached hydrogens (tertiary/aromatic N) is 1. The first kappa shape index (κ1) is 10.4. The lowest BCUT2D eigenvalue weighted by molar-refractivity contribution is 0.141. The molecule has 1 N–H and O–H groups in total. The Morgan fingerprint density at radius 2 is 1.71 bits per heavy atom. The van der Waals surface area contributed by atoms with Crippen molar-refractivity contribution in [1.29, 1.82) is 0 Å². The maximum absolute atomic E-state index is 9.63. The first-order valence-electron chi connectivity index (χ1n) is 6.21. The number of rotatable bonds is 1. The molecule has 0 aromatic rings. The van der Waals surface area contributed by atoms with Crippen LogP contribution in [-0.4, -0.2) is 34.7 Å². The van der Waals surface area contributed by atoms with Crippen LogP contribution in [0.5, 0.6) is 0 Å². The number of β-amino-alcohol motifs (C(OH)–C–C–N with tert-alkyl or cyclic N) is 1. The van der Waals surface area contributed by atoms with Gasteiger partial charge in [-0.3, -0.25) is 4.90 Å². The monoisotopic (exact) mass is 197 g/mol. The molecule has 2 atom stereocenters. The van der Waals surface area contributed by atoms with E-state index in [4.69, 9.17) is 0 Å². The molecule has 1 saturated heterocycles. The lowest BCUT2D eigenvalue weighted by Crippen LogP contribution is -2.37. The van der Waals surface area contributed by atoms with E-state index >= 15 is 0 Å². The zero-order chi connectivity index (χ0) is 9.97. The van der Waals surface area contributed by atoms with E-state index in [0.29, 0.717) is 6.04 Å². The summed E-state index contributed by atoms with van der Waals surface area (Å²) in [5, 5.41) is 9.63. The van der Waals surface area contributed by atoms with Crippen LogP contribution in [0.4, 0.5) is 0 Å². The molecule has 2 rings (SSSR count).